The third kappa shape index (κ3) is 3.62. The molecule has 4 aromatic rings. The van der Waals surface area contributed by atoms with Crippen molar-refractivity contribution < 1.29 is 0 Å². The summed E-state index contributed by atoms with van der Waals surface area (Å²) in [6.45, 7) is 2.06. The Bertz CT molecular complexity index is 1470. The van der Waals surface area contributed by atoms with Crippen LogP contribution in [0.25, 0.3) is 21.8 Å². The first-order valence-corrected chi connectivity index (χ1v) is 12.1. The summed E-state index contributed by atoms with van der Waals surface area (Å²) in [6, 6.07) is 11.9. The number of fused-ring (bicyclic) bond motifs is 2. The van der Waals surface area contributed by atoms with E-state index < -0.39 is 0 Å². The molecular weight excluding hydrogens is 426 g/mol. The molecule has 4 heterocycles. The van der Waals surface area contributed by atoms with Crippen molar-refractivity contribution in [2.45, 2.75) is 50.5 Å². The lowest BCUT2D eigenvalue weighted by Gasteiger charge is -2.21. The number of nitrogens with one attached hydrogen (secondary N) is 3. The number of H-pyrrole nitrogens is 1. The Labute approximate surface area is 197 Å². The summed E-state index contributed by atoms with van der Waals surface area (Å²) in [5.41, 5.74) is 3.89. The molecule has 1 aliphatic heterocycles. The Hall–Kier alpha value is -3.70. The van der Waals surface area contributed by atoms with Gasteiger partial charge in [0.15, 0.2) is 0 Å². The lowest BCUT2D eigenvalue weighted by Crippen LogP contribution is -2.26. The molecule has 0 amide bonds. The van der Waals surface area contributed by atoms with Gasteiger partial charge in [-0.15, -0.1) is 0 Å². The fourth-order valence-corrected chi connectivity index (χ4v) is 5.58. The van der Waals surface area contributed by atoms with Gasteiger partial charge in [0.2, 0.25) is 0 Å². The van der Waals surface area contributed by atoms with Crippen molar-refractivity contribution >= 4 is 33.3 Å². The lowest BCUT2D eigenvalue weighted by atomic mass is 9.92. The normalized spacial score (nSPS) is 17.4. The van der Waals surface area contributed by atoms with Gasteiger partial charge in [-0.3, -0.25) is 9.89 Å². The number of hydrogen-bond acceptors (Lipinski definition) is 6. The molecule has 2 aliphatic rings. The summed E-state index contributed by atoms with van der Waals surface area (Å²) < 4.78 is 1.82. The molecule has 6 rings (SSSR count). The standard InChI is InChI=1S/C26H27N7O/c27-14-17-11-18-15-29-24(13-23(18)33(26(17)34)20-3-1-2-4-20)30-19-5-6-22-21(12-19)25(32-31-22)16-7-9-28-10-8-16/h5-6,11-13,15-16,20,28H,1-4,7-10H2,(H,29,30)(H,31,32). The molecule has 1 aromatic carbocycles. The van der Waals surface area contributed by atoms with Gasteiger partial charge in [0.05, 0.1) is 11.0 Å². The largest absolute Gasteiger partial charge is 0.340 e. The first-order valence-electron chi connectivity index (χ1n) is 12.1. The zero-order chi connectivity index (χ0) is 23.1. The highest BCUT2D eigenvalue weighted by Crippen LogP contribution is 2.33. The van der Waals surface area contributed by atoms with E-state index in [9.17, 15) is 10.1 Å². The Balaban J connectivity index is 1.38. The molecule has 0 unspecified atom stereocenters. The average Bonchev–Trinajstić information content (AvgIpc) is 3.54. The summed E-state index contributed by atoms with van der Waals surface area (Å²) in [4.78, 5) is 17.6. The van der Waals surface area contributed by atoms with Gasteiger partial charge in [-0.05, 0) is 63.0 Å². The van der Waals surface area contributed by atoms with Gasteiger partial charge in [-0.1, -0.05) is 12.8 Å². The predicted molar refractivity (Wildman–Crippen MR) is 132 cm³/mol. The maximum Gasteiger partial charge on any atom is 0.269 e. The molecule has 0 bridgehead atoms. The van der Waals surface area contributed by atoms with Gasteiger partial charge in [0.1, 0.15) is 17.5 Å². The molecule has 0 atom stereocenters. The second-order valence-corrected chi connectivity index (χ2v) is 9.43. The lowest BCUT2D eigenvalue weighted by molar-refractivity contribution is 0.454. The van der Waals surface area contributed by atoms with Crippen LogP contribution in [0.5, 0.6) is 0 Å². The van der Waals surface area contributed by atoms with Crippen molar-refractivity contribution in [2.75, 3.05) is 18.4 Å². The molecule has 8 nitrogen and oxygen atoms in total. The molecular formula is C26H27N7O. The number of nitriles is 1. The van der Waals surface area contributed by atoms with Crippen LogP contribution in [-0.2, 0) is 0 Å². The van der Waals surface area contributed by atoms with E-state index in [1.807, 2.05) is 22.8 Å². The Morgan fingerprint density at radius 2 is 1.91 bits per heavy atom. The van der Waals surface area contributed by atoms with Crippen LogP contribution in [0, 0.1) is 11.3 Å². The predicted octanol–water partition coefficient (Wildman–Crippen LogP) is 4.47. The summed E-state index contributed by atoms with van der Waals surface area (Å²) >= 11 is 0. The quantitative estimate of drug-likeness (QED) is 0.420. The van der Waals surface area contributed by atoms with Crippen LogP contribution in [0.15, 0.2) is 41.3 Å². The number of aromatic nitrogens is 4. The van der Waals surface area contributed by atoms with E-state index in [0.717, 1.165) is 79.1 Å². The van der Waals surface area contributed by atoms with E-state index in [1.165, 1.54) is 5.69 Å². The second-order valence-electron chi connectivity index (χ2n) is 9.43. The van der Waals surface area contributed by atoms with Crippen LogP contribution < -0.4 is 16.2 Å². The zero-order valence-electron chi connectivity index (χ0n) is 19.0. The van der Waals surface area contributed by atoms with E-state index in [0.29, 0.717) is 11.7 Å². The van der Waals surface area contributed by atoms with Gasteiger partial charge < -0.3 is 15.2 Å². The topological polar surface area (TPSA) is 111 Å². The molecule has 3 N–H and O–H groups in total. The highest BCUT2D eigenvalue weighted by molar-refractivity contribution is 5.87. The minimum atomic E-state index is -0.203. The molecule has 1 saturated heterocycles. The summed E-state index contributed by atoms with van der Waals surface area (Å²) in [5.74, 6) is 1.16. The van der Waals surface area contributed by atoms with Crippen molar-refractivity contribution in [1.29, 1.82) is 5.26 Å². The van der Waals surface area contributed by atoms with Crippen molar-refractivity contribution in [2.24, 2.45) is 0 Å². The number of anilines is 2. The Kier molecular flexibility index (Phi) is 5.27. The number of nitrogens with zero attached hydrogens (tertiary/aromatic N) is 4. The van der Waals surface area contributed by atoms with Crippen molar-refractivity contribution in [3.05, 3.63) is 58.1 Å². The molecule has 1 saturated carbocycles. The number of hydrogen-bond donors (Lipinski definition) is 3. The minimum Gasteiger partial charge on any atom is -0.340 e. The van der Waals surface area contributed by atoms with Crippen LogP contribution in [-0.4, -0.2) is 32.8 Å². The maximum absolute atomic E-state index is 13.1. The van der Waals surface area contributed by atoms with Gasteiger partial charge in [-0.2, -0.15) is 10.4 Å². The highest BCUT2D eigenvalue weighted by Gasteiger charge is 2.22. The van der Waals surface area contributed by atoms with Gasteiger partial charge >= 0.3 is 0 Å². The van der Waals surface area contributed by atoms with Gasteiger partial charge in [0.25, 0.3) is 5.56 Å². The monoisotopic (exact) mass is 453 g/mol. The molecule has 8 heteroatoms. The van der Waals surface area contributed by atoms with E-state index in [2.05, 4.69) is 38.0 Å². The van der Waals surface area contributed by atoms with Crippen LogP contribution in [0.3, 0.4) is 0 Å². The number of pyridine rings is 2. The fraction of sp³-hybridized carbons (Fsp3) is 0.385. The van der Waals surface area contributed by atoms with Crippen LogP contribution in [0.2, 0.25) is 0 Å². The summed E-state index contributed by atoms with van der Waals surface area (Å²) in [5, 5.41) is 26.1. The molecule has 0 radical (unpaired) electrons. The third-order valence-corrected chi connectivity index (χ3v) is 7.33. The zero-order valence-corrected chi connectivity index (χ0v) is 19.0. The molecule has 172 valence electrons. The van der Waals surface area contributed by atoms with E-state index >= 15 is 0 Å². The minimum absolute atomic E-state index is 0.133. The van der Waals surface area contributed by atoms with Crippen molar-refractivity contribution in [3.63, 3.8) is 0 Å². The van der Waals surface area contributed by atoms with Gasteiger partial charge in [-0.25, -0.2) is 4.98 Å². The third-order valence-electron chi connectivity index (χ3n) is 7.33. The number of aromatic amines is 1. The number of piperidine rings is 1. The van der Waals surface area contributed by atoms with Crippen molar-refractivity contribution in [1.82, 2.24) is 25.1 Å². The Morgan fingerprint density at radius 1 is 1.09 bits per heavy atom. The molecule has 3 aromatic heterocycles. The maximum atomic E-state index is 13.1. The van der Waals surface area contributed by atoms with Crippen LogP contribution >= 0.6 is 0 Å². The van der Waals surface area contributed by atoms with E-state index in [4.69, 9.17) is 0 Å². The highest BCUT2D eigenvalue weighted by atomic mass is 16.1. The SMILES string of the molecule is N#Cc1cc2cnc(Nc3ccc4n[nH]c(C5CCNCC5)c4c3)cc2n(C2CCCC2)c1=O. The smallest absolute Gasteiger partial charge is 0.269 e. The first-order chi connectivity index (χ1) is 16.7. The number of benzene rings is 1. The molecule has 34 heavy (non-hydrogen) atoms. The van der Waals surface area contributed by atoms with Crippen LogP contribution in [0.1, 0.15) is 61.7 Å². The fourth-order valence-electron chi connectivity index (χ4n) is 5.58. The molecule has 1 aliphatic carbocycles. The van der Waals surface area contributed by atoms with Gasteiger partial charge in [0, 0.05) is 46.4 Å². The van der Waals surface area contributed by atoms with E-state index in [-0.39, 0.29) is 17.2 Å². The molecule has 2 fully saturated rings. The van der Waals surface area contributed by atoms with E-state index in [1.54, 1.807) is 12.3 Å². The Morgan fingerprint density at radius 3 is 2.71 bits per heavy atom. The number of rotatable bonds is 4. The first kappa shape index (κ1) is 20.9. The molecule has 0 spiro atoms. The summed E-state index contributed by atoms with van der Waals surface area (Å²) in [6.07, 6.45) is 8.10. The average molecular weight is 454 g/mol. The second kappa shape index (κ2) is 8.58. The summed E-state index contributed by atoms with van der Waals surface area (Å²) in [7, 11) is 0. The van der Waals surface area contributed by atoms with Crippen LogP contribution in [0.4, 0.5) is 11.5 Å². The van der Waals surface area contributed by atoms with Crippen molar-refractivity contribution in [3.8, 4) is 6.07 Å².